The van der Waals surface area contributed by atoms with E-state index in [1.165, 1.54) is 0 Å². The fourth-order valence-corrected chi connectivity index (χ4v) is 2.14. The second-order valence-electron chi connectivity index (χ2n) is 4.64. The number of nitrogen functional groups attached to an aromatic ring is 1. The number of alkyl halides is 3. The van der Waals surface area contributed by atoms with Gasteiger partial charge in [-0.3, -0.25) is 0 Å². The summed E-state index contributed by atoms with van der Waals surface area (Å²) in [5.41, 5.74) is 11.3. The van der Waals surface area contributed by atoms with Crippen molar-refractivity contribution in [3.63, 3.8) is 0 Å². The first kappa shape index (κ1) is 13.0. The zero-order valence-electron chi connectivity index (χ0n) is 9.87. The van der Waals surface area contributed by atoms with Crippen molar-refractivity contribution in [1.82, 2.24) is 0 Å². The maximum Gasteiger partial charge on any atom is 0.416 e. The van der Waals surface area contributed by atoms with E-state index in [4.69, 9.17) is 11.5 Å². The van der Waals surface area contributed by atoms with Gasteiger partial charge in [-0.25, -0.2) is 0 Å². The third-order valence-corrected chi connectivity index (χ3v) is 3.17. The summed E-state index contributed by atoms with van der Waals surface area (Å²) in [4.78, 5) is 1.90. The van der Waals surface area contributed by atoms with Crippen LogP contribution in [0.5, 0.6) is 0 Å². The topological polar surface area (TPSA) is 55.3 Å². The van der Waals surface area contributed by atoms with Crippen LogP contribution >= 0.6 is 0 Å². The molecule has 1 aromatic rings. The molecule has 0 atom stereocenters. The number of hydrogen-bond donors (Lipinski definition) is 2. The van der Waals surface area contributed by atoms with Crippen LogP contribution in [-0.4, -0.2) is 19.1 Å². The molecule has 1 aliphatic rings. The first-order chi connectivity index (χ1) is 8.36. The lowest BCUT2D eigenvalue weighted by molar-refractivity contribution is -0.137. The Kier molecular flexibility index (Phi) is 3.38. The van der Waals surface area contributed by atoms with Gasteiger partial charge in [0.25, 0.3) is 0 Å². The zero-order chi connectivity index (χ0) is 13.3. The van der Waals surface area contributed by atoms with Gasteiger partial charge in [0.1, 0.15) is 0 Å². The average Bonchev–Trinajstić information content (AvgIpc) is 2.28. The van der Waals surface area contributed by atoms with E-state index < -0.39 is 11.7 Å². The second kappa shape index (κ2) is 4.68. The summed E-state index contributed by atoms with van der Waals surface area (Å²) in [6.07, 6.45) is -2.79. The maximum atomic E-state index is 12.7. The first-order valence-corrected chi connectivity index (χ1v) is 5.84. The predicted octanol–water partition coefficient (Wildman–Crippen LogP) is 2.22. The minimum atomic E-state index is -4.36. The number of nitrogens with two attached hydrogens (primary N) is 2. The molecule has 1 aliphatic heterocycles. The number of halogens is 3. The maximum absolute atomic E-state index is 12.7. The molecule has 1 fully saturated rings. The molecule has 0 bridgehead atoms. The van der Waals surface area contributed by atoms with Gasteiger partial charge < -0.3 is 16.4 Å². The minimum Gasteiger partial charge on any atom is -0.399 e. The highest BCUT2D eigenvalue weighted by molar-refractivity contribution is 5.59. The van der Waals surface area contributed by atoms with Gasteiger partial charge >= 0.3 is 6.18 Å². The fourth-order valence-electron chi connectivity index (χ4n) is 2.14. The lowest BCUT2D eigenvalue weighted by Crippen LogP contribution is -2.39. The summed E-state index contributed by atoms with van der Waals surface area (Å²) in [6, 6.07) is 3.82. The largest absolute Gasteiger partial charge is 0.416 e. The average molecular weight is 259 g/mol. The molecule has 0 aromatic heterocycles. The zero-order valence-corrected chi connectivity index (χ0v) is 9.87. The van der Waals surface area contributed by atoms with E-state index in [1.54, 1.807) is 6.07 Å². The smallest absolute Gasteiger partial charge is 0.399 e. The molecule has 3 nitrogen and oxygen atoms in total. The van der Waals surface area contributed by atoms with Crippen molar-refractivity contribution < 1.29 is 13.2 Å². The molecule has 4 N–H and O–H groups in total. The minimum absolute atomic E-state index is 0.134. The van der Waals surface area contributed by atoms with Gasteiger partial charge in [-0.15, -0.1) is 0 Å². The summed E-state index contributed by atoms with van der Waals surface area (Å²) in [6.45, 7) is 1.34. The Bertz CT molecular complexity index is 423. The number of nitrogens with zero attached hydrogens (tertiary/aromatic N) is 1. The third-order valence-electron chi connectivity index (χ3n) is 3.17. The second-order valence-corrected chi connectivity index (χ2v) is 4.64. The van der Waals surface area contributed by atoms with E-state index in [1.807, 2.05) is 4.90 Å². The van der Waals surface area contributed by atoms with Crippen LogP contribution in [0.4, 0.5) is 24.5 Å². The monoisotopic (exact) mass is 259 g/mol. The van der Waals surface area contributed by atoms with E-state index in [2.05, 4.69) is 0 Å². The first-order valence-electron chi connectivity index (χ1n) is 5.84. The van der Waals surface area contributed by atoms with Crippen LogP contribution in [0.25, 0.3) is 0 Å². The van der Waals surface area contributed by atoms with Gasteiger partial charge in [-0.1, -0.05) is 0 Å². The Hall–Kier alpha value is -1.43. The molecule has 0 spiro atoms. The molecule has 1 aromatic carbocycles. The van der Waals surface area contributed by atoms with E-state index in [-0.39, 0.29) is 11.7 Å². The highest BCUT2D eigenvalue weighted by atomic mass is 19.4. The van der Waals surface area contributed by atoms with E-state index >= 15 is 0 Å². The Morgan fingerprint density at radius 3 is 2.28 bits per heavy atom. The molecular formula is C12H16F3N3. The van der Waals surface area contributed by atoms with Crippen molar-refractivity contribution in [2.24, 2.45) is 5.73 Å². The summed E-state index contributed by atoms with van der Waals surface area (Å²) >= 11 is 0. The van der Waals surface area contributed by atoms with Crippen LogP contribution in [-0.2, 0) is 6.18 Å². The van der Waals surface area contributed by atoms with Crippen molar-refractivity contribution in [3.05, 3.63) is 23.8 Å². The molecule has 0 aliphatic carbocycles. The van der Waals surface area contributed by atoms with Crippen LogP contribution < -0.4 is 16.4 Å². The summed E-state index contributed by atoms with van der Waals surface area (Å²) in [5, 5.41) is 0. The SMILES string of the molecule is Nc1cc(N2CCC(N)CC2)cc(C(F)(F)F)c1. The van der Waals surface area contributed by atoms with Gasteiger partial charge in [0.15, 0.2) is 0 Å². The number of hydrogen-bond acceptors (Lipinski definition) is 3. The van der Waals surface area contributed by atoms with Crippen molar-refractivity contribution in [2.45, 2.75) is 25.1 Å². The quantitative estimate of drug-likeness (QED) is 0.760. The van der Waals surface area contributed by atoms with Gasteiger partial charge in [0.2, 0.25) is 0 Å². The van der Waals surface area contributed by atoms with Crippen LogP contribution in [0.15, 0.2) is 18.2 Å². The standard InChI is InChI=1S/C12H16F3N3/c13-12(14,15)8-5-10(17)7-11(6-8)18-3-1-9(16)2-4-18/h5-7,9H,1-4,16-17H2. The molecule has 6 heteroatoms. The molecule has 1 saturated heterocycles. The van der Waals surface area contributed by atoms with Gasteiger partial charge in [0.05, 0.1) is 5.56 Å². The molecule has 0 unspecified atom stereocenters. The highest BCUT2D eigenvalue weighted by Crippen LogP contribution is 2.34. The summed E-state index contributed by atoms with van der Waals surface area (Å²) in [5.74, 6) is 0. The molecule has 0 radical (unpaired) electrons. The molecule has 18 heavy (non-hydrogen) atoms. The Morgan fingerprint density at radius 2 is 1.72 bits per heavy atom. The Labute approximate surface area is 104 Å². The van der Waals surface area contributed by atoms with Gasteiger partial charge in [-0.05, 0) is 31.0 Å². The van der Waals surface area contributed by atoms with E-state index in [0.29, 0.717) is 18.8 Å². The Balaban J connectivity index is 2.25. The van der Waals surface area contributed by atoms with Crippen molar-refractivity contribution in [3.8, 4) is 0 Å². The number of benzene rings is 1. The molecule has 0 saturated carbocycles. The van der Waals surface area contributed by atoms with Gasteiger partial charge in [-0.2, -0.15) is 13.2 Å². The van der Waals surface area contributed by atoms with Crippen molar-refractivity contribution >= 4 is 11.4 Å². The number of anilines is 2. The summed E-state index contributed by atoms with van der Waals surface area (Å²) < 4.78 is 38.0. The van der Waals surface area contributed by atoms with Crippen LogP contribution in [0.3, 0.4) is 0 Å². The van der Waals surface area contributed by atoms with Crippen LogP contribution in [0.2, 0.25) is 0 Å². The molecular weight excluding hydrogens is 243 g/mol. The highest BCUT2D eigenvalue weighted by Gasteiger charge is 2.31. The molecule has 2 rings (SSSR count). The molecule has 0 amide bonds. The lowest BCUT2D eigenvalue weighted by Gasteiger charge is -2.32. The Morgan fingerprint density at radius 1 is 1.11 bits per heavy atom. The third kappa shape index (κ3) is 2.87. The normalized spacial score (nSPS) is 18.1. The van der Waals surface area contributed by atoms with E-state index in [0.717, 1.165) is 25.0 Å². The van der Waals surface area contributed by atoms with Gasteiger partial charge in [0, 0.05) is 30.5 Å². The van der Waals surface area contributed by atoms with E-state index in [9.17, 15) is 13.2 Å². The lowest BCUT2D eigenvalue weighted by atomic mass is 10.0. The number of piperidine rings is 1. The van der Waals surface area contributed by atoms with Crippen LogP contribution in [0.1, 0.15) is 18.4 Å². The van der Waals surface area contributed by atoms with Crippen molar-refractivity contribution in [1.29, 1.82) is 0 Å². The van der Waals surface area contributed by atoms with Crippen molar-refractivity contribution in [2.75, 3.05) is 23.7 Å². The molecule has 1 heterocycles. The molecule has 100 valence electrons. The predicted molar refractivity (Wildman–Crippen MR) is 65.3 cm³/mol. The summed E-state index contributed by atoms with van der Waals surface area (Å²) in [7, 11) is 0. The van der Waals surface area contributed by atoms with Crippen LogP contribution in [0, 0.1) is 0 Å². The number of rotatable bonds is 1. The fraction of sp³-hybridized carbons (Fsp3) is 0.500.